The Bertz CT molecular complexity index is 1010. The van der Waals surface area contributed by atoms with E-state index in [2.05, 4.69) is 5.32 Å². The largest absolute Gasteiger partial charge is 0.497 e. The third-order valence-electron chi connectivity index (χ3n) is 7.27. The van der Waals surface area contributed by atoms with Gasteiger partial charge in [0.05, 0.1) is 7.11 Å². The van der Waals surface area contributed by atoms with E-state index < -0.39 is 5.97 Å². The van der Waals surface area contributed by atoms with Crippen LogP contribution in [-0.2, 0) is 14.3 Å². The molecule has 0 heterocycles. The summed E-state index contributed by atoms with van der Waals surface area (Å²) in [6.45, 7) is -0.220. The van der Waals surface area contributed by atoms with Crippen molar-refractivity contribution >= 4 is 28.7 Å². The van der Waals surface area contributed by atoms with Crippen molar-refractivity contribution in [2.45, 2.75) is 44.1 Å². The predicted octanol–water partition coefficient (Wildman–Crippen LogP) is 4.49. The topological polar surface area (TPSA) is 64.6 Å². The first-order valence-electron chi connectivity index (χ1n) is 11.2. The highest BCUT2D eigenvalue weighted by Gasteiger charge is 2.51. The standard InChI is InChI=1S/C26H29NO4/c1-30-23-6-5-21-11-17(2-4-22(21)12-23)3-7-25(29)31-16-24(28)27-26-13-18-8-19(14-26)10-20(9-18)15-26/h2-7,11-12,18-20H,8-10,13-16H2,1H3,(H,27,28)/b7-3+. The summed E-state index contributed by atoms with van der Waals surface area (Å²) in [5.41, 5.74) is 0.842. The zero-order valence-electron chi connectivity index (χ0n) is 17.9. The number of hydrogen-bond donors (Lipinski definition) is 1. The molecular weight excluding hydrogens is 390 g/mol. The molecule has 2 aromatic rings. The van der Waals surface area contributed by atoms with E-state index in [9.17, 15) is 9.59 Å². The molecule has 4 aliphatic carbocycles. The van der Waals surface area contributed by atoms with Crippen molar-refractivity contribution in [3.63, 3.8) is 0 Å². The maximum Gasteiger partial charge on any atom is 0.331 e. The first-order valence-corrected chi connectivity index (χ1v) is 11.2. The molecule has 4 aliphatic rings. The van der Waals surface area contributed by atoms with Crippen LogP contribution in [0.5, 0.6) is 5.75 Å². The Morgan fingerprint density at radius 1 is 1.00 bits per heavy atom. The molecule has 5 heteroatoms. The lowest BCUT2D eigenvalue weighted by molar-refractivity contribution is -0.145. The van der Waals surface area contributed by atoms with Crippen LogP contribution < -0.4 is 10.1 Å². The first-order chi connectivity index (χ1) is 15.0. The van der Waals surface area contributed by atoms with Gasteiger partial charge in [-0.15, -0.1) is 0 Å². The molecule has 4 fully saturated rings. The van der Waals surface area contributed by atoms with E-state index in [-0.39, 0.29) is 18.1 Å². The average molecular weight is 420 g/mol. The molecule has 2 aromatic carbocycles. The number of ether oxygens (including phenoxy) is 2. The van der Waals surface area contributed by atoms with Gasteiger partial charge in [0.2, 0.25) is 0 Å². The minimum absolute atomic E-state index is 0.0537. The van der Waals surface area contributed by atoms with E-state index in [1.807, 2.05) is 36.4 Å². The molecule has 0 saturated heterocycles. The highest BCUT2D eigenvalue weighted by molar-refractivity contribution is 5.91. The van der Waals surface area contributed by atoms with Crippen molar-refractivity contribution < 1.29 is 19.1 Å². The highest BCUT2D eigenvalue weighted by Crippen LogP contribution is 2.55. The minimum Gasteiger partial charge on any atom is -0.497 e. The Kier molecular flexibility index (Phi) is 5.20. The van der Waals surface area contributed by atoms with Gasteiger partial charge in [-0.2, -0.15) is 0 Å². The predicted molar refractivity (Wildman–Crippen MR) is 120 cm³/mol. The van der Waals surface area contributed by atoms with Gasteiger partial charge in [0.15, 0.2) is 6.61 Å². The molecular formula is C26H29NO4. The van der Waals surface area contributed by atoms with Crippen molar-refractivity contribution in [3.05, 3.63) is 48.0 Å². The third kappa shape index (κ3) is 4.32. The van der Waals surface area contributed by atoms with Gasteiger partial charge in [-0.3, -0.25) is 4.79 Å². The van der Waals surface area contributed by atoms with Gasteiger partial charge in [0, 0.05) is 11.6 Å². The second-order valence-electron chi connectivity index (χ2n) is 9.66. The molecule has 6 rings (SSSR count). The SMILES string of the molecule is COc1ccc2cc(/C=C/C(=O)OCC(=O)NC34CC5CC(CC(C5)C3)C4)ccc2c1. The first kappa shape index (κ1) is 20.1. The fraction of sp³-hybridized carbons (Fsp3) is 0.462. The average Bonchev–Trinajstić information content (AvgIpc) is 2.74. The molecule has 4 saturated carbocycles. The Morgan fingerprint density at radius 3 is 2.32 bits per heavy atom. The number of carbonyl (C=O) groups excluding carboxylic acids is 2. The second-order valence-corrected chi connectivity index (χ2v) is 9.66. The summed E-state index contributed by atoms with van der Waals surface area (Å²) < 4.78 is 10.4. The van der Waals surface area contributed by atoms with Crippen LogP contribution in [0.1, 0.15) is 44.1 Å². The number of methoxy groups -OCH3 is 1. The molecule has 1 N–H and O–H groups in total. The van der Waals surface area contributed by atoms with Crippen LogP contribution in [0.15, 0.2) is 42.5 Å². The van der Waals surface area contributed by atoms with Crippen LogP contribution in [0.25, 0.3) is 16.8 Å². The number of carbonyl (C=O) groups is 2. The molecule has 0 unspecified atom stereocenters. The number of esters is 1. The van der Waals surface area contributed by atoms with Crippen molar-refractivity contribution in [1.29, 1.82) is 0 Å². The molecule has 31 heavy (non-hydrogen) atoms. The Labute approximate surface area is 182 Å². The molecule has 1 amide bonds. The summed E-state index contributed by atoms with van der Waals surface area (Å²) in [5, 5.41) is 5.36. The lowest BCUT2D eigenvalue weighted by Gasteiger charge is -2.56. The van der Waals surface area contributed by atoms with Crippen LogP contribution in [0.4, 0.5) is 0 Å². The van der Waals surface area contributed by atoms with Gasteiger partial charge in [-0.05, 0) is 96.9 Å². The quantitative estimate of drug-likeness (QED) is 0.553. The lowest BCUT2D eigenvalue weighted by Crippen LogP contribution is -2.60. The Balaban J connectivity index is 1.14. The van der Waals surface area contributed by atoms with Gasteiger partial charge in [-0.25, -0.2) is 4.79 Å². The fourth-order valence-corrected chi connectivity index (χ4v) is 6.42. The van der Waals surface area contributed by atoms with Crippen LogP contribution >= 0.6 is 0 Å². The van der Waals surface area contributed by atoms with Gasteiger partial charge < -0.3 is 14.8 Å². The summed E-state index contributed by atoms with van der Waals surface area (Å²) in [7, 11) is 1.65. The van der Waals surface area contributed by atoms with Crippen LogP contribution in [0.2, 0.25) is 0 Å². The molecule has 0 aromatic heterocycles. The van der Waals surface area contributed by atoms with Crippen molar-refractivity contribution in [1.82, 2.24) is 5.32 Å². The van der Waals surface area contributed by atoms with E-state index in [4.69, 9.17) is 9.47 Å². The summed E-state index contributed by atoms with van der Waals surface area (Å²) in [6, 6.07) is 11.8. The molecule has 162 valence electrons. The van der Waals surface area contributed by atoms with Gasteiger partial charge in [0.1, 0.15) is 5.75 Å². The summed E-state index contributed by atoms with van der Waals surface area (Å²) in [5.74, 6) is 2.42. The number of nitrogens with one attached hydrogen (secondary N) is 1. The number of amides is 1. The van der Waals surface area contributed by atoms with Crippen LogP contribution in [-0.4, -0.2) is 31.1 Å². The van der Waals surface area contributed by atoms with E-state index in [1.54, 1.807) is 13.2 Å². The van der Waals surface area contributed by atoms with E-state index in [1.165, 1.54) is 25.3 Å². The lowest BCUT2D eigenvalue weighted by atomic mass is 9.53. The molecule has 0 radical (unpaired) electrons. The molecule has 0 atom stereocenters. The number of fused-ring (bicyclic) bond motifs is 1. The fourth-order valence-electron chi connectivity index (χ4n) is 6.42. The van der Waals surface area contributed by atoms with Crippen molar-refractivity contribution in [3.8, 4) is 5.75 Å². The van der Waals surface area contributed by atoms with Crippen molar-refractivity contribution in [2.75, 3.05) is 13.7 Å². The number of benzene rings is 2. The summed E-state index contributed by atoms with van der Waals surface area (Å²) in [4.78, 5) is 24.6. The molecule has 0 aliphatic heterocycles. The molecule has 5 nitrogen and oxygen atoms in total. The van der Waals surface area contributed by atoms with E-state index in [0.29, 0.717) is 0 Å². The minimum atomic E-state index is -0.504. The van der Waals surface area contributed by atoms with Gasteiger partial charge in [-0.1, -0.05) is 18.2 Å². The smallest absolute Gasteiger partial charge is 0.331 e. The summed E-state index contributed by atoms with van der Waals surface area (Å²) >= 11 is 0. The highest BCUT2D eigenvalue weighted by atomic mass is 16.5. The van der Waals surface area contributed by atoms with Crippen molar-refractivity contribution in [2.24, 2.45) is 17.8 Å². The Hall–Kier alpha value is -2.82. The van der Waals surface area contributed by atoms with Gasteiger partial charge >= 0.3 is 5.97 Å². The van der Waals surface area contributed by atoms with Crippen LogP contribution in [0.3, 0.4) is 0 Å². The van der Waals surface area contributed by atoms with E-state index in [0.717, 1.165) is 59.1 Å². The number of hydrogen-bond acceptors (Lipinski definition) is 4. The monoisotopic (exact) mass is 419 g/mol. The third-order valence-corrected chi connectivity index (χ3v) is 7.27. The maximum atomic E-state index is 12.5. The maximum absolute atomic E-state index is 12.5. The zero-order chi connectivity index (χ0) is 21.4. The van der Waals surface area contributed by atoms with E-state index >= 15 is 0 Å². The van der Waals surface area contributed by atoms with Gasteiger partial charge in [0.25, 0.3) is 5.91 Å². The van der Waals surface area contributed by atoms with Crippen LogP contribution in [0, 0.1) is 17.8 Å². The second kappa shape index (κ2) is 8.03. The Morgan fingerprint density at radius 2 is 1.65 bits per heavy atom. The normalized spacial score (nSPS) is 28.7. The molecule has 4 bridgehead atoms. The zero-order valence-corrected chi connectivity index (χ0v) is 17.9. The number of rotatable bonds is 6. The summed E-state index contributed by atoms with van der Waals surface area (Å²) in [6.07, 6.45) is 10.3. The molecule has 0 spiro atoms.